The van der Waals surface area contributed by atoms with Crippen LogP contribution in [0.4, 0.5) is 5.69 Å². The molecule has 0 aromatic heterocycles. The predicted molar refractivity (Wildman–Crippen MR) is 75.6 cm³/mol. The van der Waals surface area contributed by atoms with Crippen LogP contribution in [0.1, 0.15) is 6.42 Å². The molecule has 0 fully saturated rings. The molecule has 0 saturated carbocycles. The SMILES string of the molecule is CNS(=O)(=O)c1ccccc1NC(CCN)COC. The summed E-state index contributed by atoms with van der Waals surface area (Å²) in [5, 5.41) is 3.17. The van der Waals surface area contributed by atoms with E-state index >= 15 is 0 Å². The van der Waals surface area contributed by atoms with Gasteiger partial charge in [-0.05, 0) is 32.1 Å². The maximum absolute atomic E-state index is 11.9. The average Bonchev–Trinajstić information content (AvgIpc) is 2.40. The molecule has 7 heteroatoms. The Balaban J connectivity index is 3.00. The third-order valence-electron chi connectivity index (χ3n) is 2.69. The lowest BCUT2D eigenvalue weighted by atomic mass is 10.2. The van der Waals surface area contributed by atoms with Gasteiger partial charge in [-0.1, -0.05) is 12.1 Å². The molecule has 0 radical (unpaired) electrons. The summed E-state index contributed by atoms with van der Waals surface area (Å²) in [6.45, 7) is 0.965. The number of anilines is 1. The van der Waals surface area contributed by atoms with Crippen LogP contribution in [0.25, 0.3) is 0 Å². The molecule has 0 amide bonds. The minimum atomic E-state index is -3.49. The number of nitrogens with one attached hydrogen (secondary N) is 2. The highest BCUT2D eigenvalue weighted by Crippen LogP contribution is 2.21. The second-order valence-corrected chi connectivity index (χ2v) is 5.93. The zero-order valence-electron chi connectivity index (χ0n) is 11.2. The molecule has 0 heterocycles. The number of methoxy groups -OCH3 is 1. The molecule has 1 unspecified atom stereocenters. The summed E-state index contributed by atoms with van der Waals surface area (Å²) in [5.74, 6) is 0. The van der Waals surface area contributed by atoms with Crippen LogP contribution in [-0.4, -0.2) is 41.8 Å². The molecule has 108 valence electrons. The van der Waals surface area contributed by atoms with Crippen LogP contribution in [0, 0.1) is 0 Å². The van der Waals surface area contributed by atoms with Gasteiger partial charge in [-0.3, -0.25) is 0 Å². The van der Waals surface area contributed by atoms with Crippen molar-refractivity contribution in [2.75, 3.05) is 32.6 Å². The third-order valence-corrected chi connectivity index (χ3v) is 4.16. The van der Waals surface area contributed by atoms with E-state index < -0.39 is 10.0 Å². The van der Waals surface area contributed by atoms with Gasteiger partial charge in [0.1, 0.15) is 4.90 Å². The summed E-state index contributed by atoms with van der Waals surface area (Å²) >= 11 is 0. The molecule has 0 aliphatic carbocycles. The van der Waals surface area contributed by atoms with Crippen LogP contribution in [0.2, 0.25) is 0 Å². The second-order valence-electron chi connectivity index (χ2n) is 4.08. The van der Waals surface area contributed by atoms with Crippen LogP contribution in [0.3, 0.4) is 0 Å². The second kappa shape index (κ2) is 7.44. The van der Waals surface area contributed by atoms with Crippen molar-refractivity contribution in [2.24, 2.45) is 5.73 Å². The summed E-state index contributed by atoms with van der Waals surface area (Å²) in [5.41, 5.74) is 6.09. The highest BCUT2D eigenvalue weighted by molar-refractivity contribution is 7.89. The van der Waals surface area contributed by atoms with Crippen LogP contribution in [-0.2, 0) is 14.8 Å². The van der Waals surface area contributed by atoms with E-state index in [2.05, 4.69) is 10.0 Å². The quantitative estimate of drug-likeness (QED) is 0.642. The zero-order chi connectivity index (χ0) is 14.3. The first-order chi connectivity index (χ1) is 9.05. The Morgan fingerprint density at radius 1 is 1.37 bits per heavy atom. The van der Waals surface area contributed by atoms with Crippen LogP contribution in [0.15, 0.2) is 29.2 Å². The number of ether oxygens (including phenoxy) is 1. The van der Waals surface area contributed by atoms with Crippen molar-refractivity contribution in [1.82, 2.24) is 4.72 Å². The van der Waals surface area contributed by atoms with E-state index in [4.69, 9.17) is 10.5 Å². The Hall–Kier alpha value is -1.15. The number of hydrogen-bond acceptors (Lipinski definition) is 5. The van der Waals surface area contributed by atoms with E-state index in [9.17, 15) is 8.42 Å². The fourth-order valence-corrected chi connectivity index (χ4v) is 2.64. The van der Waals surface area contributed by atoms with E-state index in [1.165, 1.54) is 7.05 Å². The van der Waals surface area contributed by atoms with Crippen LogP contribution in [0.5, 0.6) is 0 Å². The third kappa shape index (κ3) is 4.46. The molecular weight excluding hydrogens is 266 g/mol. The maximum Gasteiger partial charge on any atom is 0.242 e. The molecule has 19 heavy (non-hydrogen) atoms. The van der Waals surface area contributed by atoms with Crippen molar-refractivity contribution in [3.05, 3.63) is 24.3 Å². The van der Waals surface area contributed by atoms with Gasteiger partial charge in [0.25, 0.3) is 0 Å². The highest BCUT2D eigenvalue weighted by atomic mass is 32.2. The first kappa shape index (κ1) is 15.9. The molecule has 1 rings (SSSR count). The molecule has 0 saturated heterocycles. The minimum Gasteiger partial charge on any atom is -0.383 e. The monoisotopic (exact) mass is 287 g/mol. The molecule has 1 atom stereocenters. The molecule has 0 aliphatic heterocycles. The molecule has 1 aromatic carbocycles. The van der Waals surface area contributed by atoms with Crippen molar-refractivity contribution in [1.29, 1.82) is 0 Å². The standard InChI is InChI=1S/C12H21N3O3S/c1-14-19(16,17)12-6-4-3-5-11(12)15-10(7-8-13)9-18-2/h3-6,10,14-15H,7-9,13H2,1-2H3. The number of nitrogens with two attached hydrogens (primary N) is 1. The predicted octanol–water partition coefficient (Wildman–Crippen LogP) is 0.370. The fourth-order valence-electron chi connectivity index (χ4n) is 1.75. The molecule has 1 aromatic rings. The van der Waals surface area contributed by atoms with Gasteiger partial charge in [0.2, 0.25) is 10.0 Å². The average molecular weight is 287 g/mol. The van der Waals surface area contributed by atoms with E-state index in [1.54, 1.807) is 31.4 Å². The topological polar surface area (TPSA) is 93.5 Å². The Bertz CT molecular complexity index is 485. The van der Waals surface area contributed by atoms with E-state index in [0.29, 0.717) is 25.3 Å². The lowest BCUT2D eigenvalue weighted by molar-refractivity contribution is 0.183. The maximum atomic E-state index is 11.9. The molecule has 0 aliphatic rings. The Morgan fingerprint density at radius 2 is 2.05 bits per heavy atom. The number of hydrogen-bond donors (Lipinski definition) is 3. The van der Waals surface area contributed by atoms with Crippen molar-refractivity contribution in [3.63, 3.8) is 0 Å². The smallest absolute Gasteiger partial charge is 0.242 e. The minimum absolute atomic E-state index is 0.0248. The summed E-state index contributed by atoms with van der Waals surface area (Å²) in [6.07, 6.45) is 0.696. The summed E-state index contributed by atoms with van der Waals surface area (Å²) in [6, 6.07) is 6.72. The lowest BCUT2D eigenvalue weighted by Gasteiger charge is -2.20. The highest BCUT2D eigenvalue weighted by Gasteiger charge is 2.18. The van der Waals surface area contributed by atoms with Gasteiger partial charge in [-0.25, -0.2) is 13.1 Å². The van der Waals surface area contributed by atoms with Gasteiger partial charge in [-0.2, -0.15) is 0 Å². The summed E-state index contributed by atoms with van der Waals surface area (Å²) in [4.78, 5) is 0.218. The van der Waals surface area contributed by atoms with Crippen molar-refractivity contribution in [2.45, 2.75) is 17.4 Å². The van der Waals surface area contributed by atoms with Gasteiger partial charge in [-0.15, -0.1) is 0 Å². The number of benzene rings is 1. The largest absolute Gasteiger partial charge is 0.383 e. The molecule has 0 spiro atoms. The van der Waals surface area contributed by atoms with Gasteiger partial charge in [0.05, 0.1) is 18.3 Å². The Labute approximate surface area is 114 Å². The molecule has 4 N–H and O–H groups in total. The first-order valence-electron chi connectivity index (χ1n) is 6.03. The normalized spacial score (nSPS) is 13.2. The number of rotatable bonds is 8. The van der Waals surface area contributed by atoms with Crippen LogP contribution < -0.4 is 15.8 Å². The number of para-hydroxylation sites is 1. The van der Waals surface area contributed by atoms with Crippen molar-refractivity contribution in [3.8, 4) is 0 Å². The van der Waals surface area contributed by atoms with Gasteiger partial charge >= 0.3 is 0 Å². The molecule has 6 nitrogen and oxygen atoms in total. The van der Waals surface area contributed by atoms with Gasteiger partial charge in [0.15, 0.2) is 0 Å². The molecule has 0 bridgehead atoms. The Kier molecular flexibility index (Phi) is 6.23. The van der Waals surface area contributed by atoms with Gasteiger partial charge < -0.3 is 15.8 Å². The van der Waals surface area contributed by atoms with E-state index in [1.807, 2.05) is 0 Å². The van der Waals surface area contributed by atoms with Crippen LogP contribution >= 0.6 is 0 Å². The number of sulfonamides is 1. The molecular formula is C12H21N3O3S. The Morgan fingerprint density at radius 3 is 2.63 bits per heavy atom. The van der Waals surface area contributed by atoms with E-state index in [-0.39, 0.29) is 10.9 Å². The summed E-state index contributed by atoms with van der Waals surface area (Å²) in [7, 11) is -0.503. The summed E-state index contributed by atoms with van der Waals surface area (Å²) < 4.78 is 31.2. The van der Waals surface area contributed by atoms with Crippen molar-refractivity contribution < 1.29 is 13.2 Å². The zero-order valence-corrected chi connectivity index (χ0v) is 12.0. The first-order valence-corrected chi connectivity index (χ1v) is 7.51. The van der Waals surface area contributed by atoms with E-state index in [0.717, 1.165) is 0 Å². The fraction of sp³-hybridized carbons (Fsp3) is 0.500. The van der Waals surface area contributed by atoms with Gasteiger partial charge in [0, 0.05) is 7.11 Å². The lowest BCUT2D eigenvalue weighted by Crippen LogP contribution is -2.29. The van der Waals surface area contributed by atoms with Crippen molar-refractivity contribution >= 4 is 15.7 Å².